The van der Waals surface area contributed by atoms with E-state index in [0.717, 1.165) is 9.80 Å². The highest BCUT2D eigenvalue weighted by Crippen LogP contribution is 2.39. The Labute approximate surface area is 408 Å². The average Bonchev–Trinajstić information content (AvgIpc) is 3.21. The number of carbonyl (C=O) groups excluding carboxylic acids is 6. The first kappa shape index (κ1) is 55.6. The minimum Gasteiger partial charge on any atom is -0.394 e. The Morgan fingerprint density at radius 1 is 0.468 bits per heavy atom. The van der Waals surface area contributed by atoms with E-state index in [0.29, 0.717) is 0 Å². The molecule has 0 aliphatic heterocycles. The topological polar surface area (TPSA) is 391 Å². The summed E-state index contributed by atoms with van der Waals surface area (Å²) in [6, 6.07) is -2.43. The molecule has 346 valence electrons. The average molecular weight is 1330 g/mol. The van der Waals surface area contributed by atoms with Crippen molar-refractivity contribution in [3.63, 3.8) is 0 Å². The molecule has 23 nitrogen and oxygen atoms in total. The fourth-order valence-corrected chi connectivity index (χ4v) is 11.5. The molecular weight excluding hydrogens is 1280 g/mol. The first-order chi connectivity index (χ1) is 29.0. The van der Waals surface area contributed by atoms with Crippen LogP contribution >= 0.6 is 90.4 Å². The van der Waals surface area contributed by atoms with Crippen LogP contribution in [0.15, 0.2) is 0 Å². The Bertz CT molecular complexity index is 1760. The number of amides is 8. The van der Waals surface area contributed by atoms with Crippen molar-refractivity contribution in [3.8, 4) is 0 Å². The first-order valence-electron chi connectivity index (χ1n) is 18.1. The summed E-state index contributed by atoms with van der Waals surface area (Å²) in [7, 11) is 0. The van der Waals surface area contributed by atoms with Crippen molar-refractivity contribution in [3.05, 3.63) is 47.7 Å². The Balaban J connectivity index is 2.84. The van der Waals surface area contributed by atoms with Crippen molar-refractivity contribution in [1.82, 2.24) is 21.3 Å². The van der Waals surface area contributed by atoms with Crippen LogP contribution in [0.2, 0.25) is 0 Å². The molecule has 4 atom stereocenters. The van der Waals surface area contributed by atoms with E-state index in [-0.39, 0.29) is 59.0 Å². The molecule has 0 saturated carbocycles. The minimum absolute atomic E-state index is 0.0251. The third-order valence-corrected chi connectivity index (χ3v) is 13.1. The molecule has 0 aliphatic rings. The summed E-state index contributed by atoms with van der Waals surface area (Å²) in [5.41, 5.74) is 10.7. The van der Waals surface area contributed by atoms with Crippen molar-refractivity contribution < 1.29 is 74.7 Å². The second kappa shape index (κ2) is 25.8. The van der Waals surface area contributed by atoms with Crippen LogP contribution in [0, 0.1) is 28.1 Å². The molecule has 0 spiro atoms. The normalized spacial score (nSPS) is 13.6. The van der Waals surface area contributed by atoms with Crippen LogP contribution in [-0.2, 0) is 0 Å². The zero-order valence-corrected chi connectivity index (χ0v) is 41.6. The van der Waals surface area contributed by atoms with E-state index in [1.165, 1.54) is 13.8 Å². The van der Waals surface area contributed by atoms with Crippen molar-refractivity contribution >= 4 is 137 Å². The smallest absolute Gasteiger partial charge is 0.319 e. The lowest BCUT2D eigenvalue weighted by Crippen LogP contribution is -2.49. The number of carbonyl (C=O) groups is 6. The zero-order valence-electron chi connectivity index (χ0n) is 33.0. The maximum absolute atomic E-state index is 13.6. The van der Waals surface area contributed by atoms with Gasteiger partial charge in [0.2, 0.25) is 0 Å². The number of urea groups is 2. The monoisotopic (exact) mass is 1330 g/mol. The summed E-state index contributed by atoms with van der Waals surface area (Å²) in [4.78, 5) is 82.6. The van der Waals surface area contributed by atoms with Crippen LogP contribution < -0.4 is 42.5 Å². The zero-order chi connectivity index (χ0) is 47.3. The van der Waals surface area contributed by atoms with E-state index < -0.39 is 132 Å². The van der Waals surface area contributed by atoms with Crippen LogP contribution in [0.3, 0.4) is 0 Å². The Hall–Kier alpha value is -2.58. The van der Waals surface area contributed by atoms with Gasteiger partial charge < -0.3 is 78.7 Å². The first-order valence-corrected chi connectivity index (χ1v) is 22.5. The highest BCUT2D eigenvalue weighted by atomic mass is 127. The summed E-state index contributed by atoms with van der Waals surface area (Å²) in [6.07, 6.45) is -7.21. The van der Waals surface area contributed by atoms with Crippen molar-refractivity contribution in [2.75, 3.05) is 75.5 Å². The predicted octanol–water partition coefficient (Wildman–Crippen LogP) is -3.11. The molecule has 27 heteroatoms. The number of nitrogens with two attached hydrogens (primary N) is 2. The van der Waals surface area contributed by atoms with Gasteiger partial charge in [-0.2, -0.15) is 0 Å². The lowest BCUT2D eigenvalue weighted by Gasteiger charge is -2.32. The van der Waals surface area contributed by atoms with E-state index in [9.17, 15) is 74.7 Å². The van der Waals surface area contributed by atoms with E-state index in [2.05, 4.69) is 21.3 Å². The van der Waals surface area contributed by atoms with E-state index in [1.54, 1.807) is 90.4 Å². The maximum atomic E-state index is 13.6. The molecule has 0 fully saturated rings. The number of primary amides is 2. The number of benzene rings is 2. The molecule has 8 amide bonds. The van der Waals surface area contributed by atoms with Gasteiger partial charge >= 0.3 is 12.1 Å². The summed E-state index contributed by atoms with van der Waals surface area (Å²) in [5, 5.41) is 98.0. The van der Waals surface area contributed by atoms with Gasteiger partial charge in [0.25, 0.3) is 23.6 Å². The van der Waals surface area contributed by atoms with E-state index >= 15 is 0 Å². The molecule has 62 heavy (non-hydrogen) atoms. The number of aliphatic hydroxyl groups is 9. The molecular formula is C35H48I4N8O15. The molecule has 2 aromatic rings. The molecule has 0 bridgehead atoms. The molecule has 4 unspecified atom stereocenters. The number of nitrogens with one attached hydrogen (secondary N) is 4. The summed E-state index contributed by atoms with van der Waals surface area (Å²) in [6.45, 7) is -3.15. The third-order valence-electron chi connectivity index (χ3n) is 8.80. The molecule has 0 aliphatic carbocycles. The lowest BCUT2D eigenvalue weighted by molar-refractivity contribution is 0.0792. The Morgan fingerprint density at radius 3 is 0.935 bits per heavy atom. The van der Waals surface area contributed by atoms with Gasteiger partial charge in [0.05, 0.1) is 111 Å². The Morgan fingerprint density at radius 2 is 0.710 bits per heavy atom. The fraction of sp³-hybridized carbons (Fsp3) is 0.486. The number of anilines is 2. The number of hydrogen-bond acceptors (Lipinski definition) is 15. The second-order valence-corrected chi connectivity index (χ2v) is 17.8. The highest BCUT2D eigenvalue weighted by molar-refractivity contribution is 14.1. The molecule has 0 heterocycles. The highest BCUT2D eigenvalue weighted by Gasteiger charge is 2.35. The standard InChI is InChI=1S/C35H48I4N8O15/c1-13-20(30(57)42-3-15(52)9-48)24(36)22(32(59)44-5-17(54)11-50)26(38)28(13)46(34(40)61)7-19(56)8-47(35(41)62)29-14(2)21(31(58)43-4-16(53)10-49)25(37)23(27(29)39)33(60)45-6-18(55)12-51/h15-19,48-56H,3-12H2,1-2H3,(H2,40,61)(H2,41,62)(H,42,57)(H,43,58)(H,44,59)(H,45,60). The second-order valence-electron chi connectivity index (χ2n) is 13.4. The third kappa shape index (κ3) is 14.2. The van der Waals surface area contributed by atoms with Crippen LogP contribution in [-0.4, -0.2) is 178 Å². The SMILES string of the molecule is Cc1c(C(=O)NCC(O)CO)c(I)c(C(=O)NCC(O)CO)c(I)c1N(CC(O)CN(C(N)=O)c1c(C)c(C(=O)NCC(O)CO)c(I)c(C(=O)NCC(O)CO)c1I)C(N)=O. The van der Waals surface area contributed by atoms with Gasteiger partial charge in [-0.25, -0.2) is 9.59 Å². The maximum Gasteiger partial charge on any atom is 0.319 e. The van der Waals surface area contributed by atoms with E-state index in [4.69, 9.17) is 11.5 Å². The quantitative estimate of drug-likeness (QED) is 0.0519. The van der Waals surface area contributed by atoms with Crippen LogP contribution in [0.1, 0.15) is 52.6 Å². The van der Waals surface area contributed by atoms with Gasteiger partial charge in [-0.05, 0) is 115 Å². The molecule has 0 radical (unpaired) electrons. The van der Waals surface area contributed by atoms with Crippen LogP contribution in [0.25, 0.3) is 0 Å². The number of hydrogen-bond donors (Lipinski definition) is 15. The number of aliphatic hydroxyl groups excluding tert-OH is 9. The van der Waals surface area contributed by atoms with Gasteiger partial charge in [-0.3, -0.25) is 29.0 Å². The van der Waals surface area contributed by atoms with E-state index in [1.807, 2.05) is 0 Å². The van der Waals surface area contributed by atoms with Gasteiger partial charge in [-0.15, -0.1) is 0 Å². The van der Waals surface area contributed by atoms with Crippen molar-refractivity contribution in [1.29, 1.82) is 0 Å². The van der Waals surface area contributed by atoms with Gasteiger partial charge in [-0.1, -0.05) is 0 Å². The number of halogens is 4. The molecule has 2 rings (SSSR count). The van der Waals surface area contributed by atoms with Gasteiger partial charge in [0.1, 0.15) is 0 Å². The number of nitrogens with zero attached hydrogens (tertiary/aromatic N) is 2. The van der Waals surface area contributed by atoms with Crippen molar-refractivity contribution in [2.24, 2.45) is 11.5 Å². The molecule has 0 aromatic heterocycles. The van der Waals surface area contributed by atoms with Gasteiger partial charge in [0.15, 0.2) is 0 Å². The molecule has 2 aromatic carbocycles. The summed E-state index contributed by atoms with van der Waals surface area (Å²) < 4.78 is 0.143. The summed E-state index contributed by atoms with van der Waals surface area (Å²) >= 11 is 6.86. The van der Waals surface area contributed by atoms with Gasteiger partial charge in [0, 0.05) is 33.3 Å². The van der Waals surface area contributed by atoms with Crippen LogP contribution in [0.4, 0.5) is 21.0 Å². The molecule has 0 saturated heterocycles. The minimum atomic E-state index is -1.78. The number of rotatable bonds is 22. The predicted molar refractivity (Wildman–Crippen MR) is 255 cm³/mol. The fourth-order valence-electron chi connectivity index (χ4n) is 5.67. The lowest BCUT2D eigenvalue weighted by atomic mass is 9.99. The summed E-state index contributed by atoms with van der Waals surface area (Å²) in [5.74, 6) is -3.43. The van der Waals surface area contributed by atoms with Crippen LogP contribution in [0.5, 0.6) is 0 Å². The molecule has 17 N–H and O–H groups in total. The Kier molecular flexibility index (Phi) is 23.1. The largest absolute Gasteiger partial charge is 0.394 e. The van der Waals surface area contributed by atoms with Crippen molar-refractivity contribution in [2.45, 2.75) is 44.4 Å².